The molecule has 0 fully saturated rings. The van der Waals surface area contributed by atoms with E-state index >= 15 is 0 Å². The van der Waals surface area contributed by atoms with Gasteiger partial charge in [0.05, 0.1) is 18.1 Å². The van der Waals surface area contributed by atoms with Gasteiger partial charge < -0.3 is 14.8 Å². The van der Waals surface area contributed by atoms with Crippen LogP contribution in [0.15, 0.2) is 71.9 Å². The van der Waals surface area contributed by atoms with Crippen LogP contribution in [0.5, 0.6) is 11.5 Å². The Morgan fingerprint density at radius 3 is 2.55 bits per heavy atom. The van der Waals surface area contributed by atoms with Gasteiger partial charge in [-0.1, -0.05) is 13.0 Å². The zero-order chi connectivity index (χ0) is 23.3. The standard InChI is InChI=1S/C24H25N3O5S/c1-2-27(17-18-9-11-25-12-10-18)33(29,30)21-6-3-5-19(15-21)24(28)26-20-7-8-22-23(16-20)32-14-4-13-31-22/h3,5-12,15-16H,2,4,13-14,17H2,1H3,(H,26,28). The molecule has 4 rings (SSSR count). The summed E-state index contributed by atoms with van der Waals surface area (Å²) in [6, 6.07) is 14.8. The second-order valence-corrected chi connectivity index (χ2v) is 9.42. The number of aromatic nitrogens is 1. The van der Waals surface area contributed by atoms with Crippen molar-refractivity contribution in [1.82, 2.24) is 9.29 Å². The predicted octanol–water partition coefficient (Wildman–Crippen LogP) is 3.71. The van der Waals surface area contributed by atoms with Crippen LogP contribution in [0.3, 0.4) is 0 Å². The second kappa shape index (κ2) is 10.0. The average Bonchev–Trinajstić information content (AvgIpc) is 3.08. The van der Waals surface area contributed by atoms with Gasteiger partial charge in [0.1, 0.15) is 0 Å². The van der Waals surface area contributed by atoms with E-state index in [2.05, 4.69) is 10.3 Å². The van der Waals surface area contributed by atoms with Crippen LogP contribution >= 0.6 is 0 Å². The number of anilines is 1. The number of nitrogens with one attached hydrogen (secondary N) is 1. The molecule has 1 aromatic heterocycles. The lowest BCUT2D eigenvalue weighted by Gasteiger charge is -2.21. The lowest BCUT2D eigenvalue weighted by atomic mass is 10.2. The molecule has 1 amide bonds. The largest absolute Gasteiger partial charge is 0.490 e. The van der Waals surface area contributed by atoms with Crippen LogP contribution < -0.4 is 14.8 Å². The van der Waals surface area contributed by atoms with E-state index < -0.39 is 15.9 Å². The fourth-order valence-corrected chi connectivity index (χ4v) is 4.93. The van der Waals surface area contributed by atoms with Crippen LogP contribution in [0, 0.1) is 0 Å². The van der Waals surface area contributed by atoms with E-state index in [1.807, 2.05) is 0 Å². The Morgan fingerprint density at radius 2 is 1.79 bits per heavy atom. The van der Waals surface area contributed by atoms with Crippen molar-refractivity contribution in [2.45, 2.75) is 24.8 Å². The number of benzene rings is 2. The van der Waals surface area contributed by atoms with E-state index in [0.717, 1.165) is 12.0 Å². The first kappa shape index (κ1) is 22.8. The first-order chi connectivity index (χ1) is 16.0. The van der Waals surface area contributed by atoms with Crippen LogP contribution in [-0.4, -0.2) is 43.4 Å². The van der Waals surface area contributed by atoms with Gasteiger partial charge in [0, 0.05) is 49.2 Å². The molecule has 9 heteroatoms. The van der Waals surface area contributed by atoms with Crippen LogP contribution in [0.2, 0.25) is 0 Å². The maximum atomic E-state index is 13.2. The van der Waals surface area contributed by atoms with Crippen LogP contribution in [0.25, 0.3) is 0 Å². The van der Waals surface area contributed by atoms with Gasteiger partial charge in [-0.3, -0.25) is 9.78 Å². The maximum Gasteiger partial charge on any atom is 0.255 e. The summed E-state index contributed by atoms with van der Waals surface area (Å²) in [5.41, 5.74) is 1.60. The Hall–Kier alpha value is -3.43. The minimum atomic E-state index is -3.80. The Balaban J connectivity index is 1.53. The molecular weight excluding hydrogens is 442 g/mol. The molecule has 0 atom stereocenters. The third kappa shape index (κ3) is 5.32. The molecule has 172 valence electrons. The van der Waals surface area contributed by atoms with Crippen molar-refractivity contribution in [2.24, 2.45) is 0 Å². The Labute approximate surface area is 193 Å². The number of nitrogens with zero attached hydrogens (tertiary/aromatic N) is 2. The topological polar surface area (TPSA) is 97.8 Å². The molecule has 1 aliphatic heterocycles. The van der Waals surface area contributed by atoms with Gasteiger partial charge in [0.2, 0.25) is 10.0 Å². The number of rotatable bonds is 7. The number of sulfonamides is 1. The third-order valence-corrected chi connectivity index (χ3v) is 7.12. The Morgan fingerprint density at radius 1 is 1.03 bits per heavy atom. The Kier molecular flexibility index (Phi) is 6.90. The van der Waals surface area contributed by atoms with Gasteiger partial charge in [-0.2, -0.15) is 4.31 Å². The van der Waals surface area contributed by atoms with Crippen LogP contribution in [-0.2, 0) is 16.6 Å². The van der Waals surface area contributed by atoms with Crippen LogP contribution in [0.1, 0.15) is 29.3 Å². The van der Waals surface area contributed by atoms with Crippen molar-refractivity contribution in [3.8, 4) is 11.5 Å². The van der Waals surface area contributed by atoms with E-state index in [-0.39, 0.29) is 23.5 Å². The molecule has 0 radical (unpaired) electrons. The fraction of sp³-hybridized carbons (Fsp3) is 0.250. The lowest BCUT2D eigenvalue weighted by Crippen LogP contribution is -2.30. The van der Waals surface area contributed by atoms with Crippen molar-refractivity contribution < 1.29 is 22.7 Å². The molecule has 0 saturated heterocycles. The first-order valence-electron chi connectivity index (χ1n) is 10.7. The number of fused-ring (bicyclic) bond motifs is 1. The average molecular weight is 468 g/mol. The second-order valence-electron chi connectivity index (χ2n) is 7.48. The lowest BCUT2D eigenvalue weighted by molar-refractivity contribution is 0.102. The van der Waals surface area contributed by atoms with Gasteiger partial charge in [-0.25, -0.2) is 8.42 Å². The van der Waals surface area contributed by atoms with Gasteiger partial charge in [0.15, 0.2) is 11.5 Å². The molecule has 1 aliphatic rings. The molecule has 0 bridgehead atoms. The normalized spacial score (nSPS) is 13.4. The van der Waals surface area contributed by atoms with Crippen molar-refractivity contribution in [2.75, 3.05) is 25.1 Å². The van der Waals surface area contributed by atoms with Crippen molar-refractivity contribution in [1.29, 1.82) is 0 Å². The molecule has 0 spiro atoms. The highest BCUT2D eigenvalue weighted by molar-refractivity contribution is 7.89. The molecule has 0 aliphatic carbocycles. The van der Waals surface area contributed by atoms with E-state index in [9.17, 15) is 13.2 Å². The van der Waals surface area contributed by atoms with Crippen molar-refractivity contribution in [3.63, 3.8) is 0 Å². The maximum absolute atomic E-state index is 13.2. The van der Waals surface area contributed by atoms with Gasteiger partial charge in [-0.15, -0.1) is 0 Å². The summed E-state index contributed by atoms with van der Waals surface area (Å²) in [5.74, 6) is 0.780. The molecular formula is C24H25N3O5S. The van der Waals surface area contributed by atoms with E-state index in [1.54, 1.807) is 61.8 Å². The van der Waals surface area contributed by atoms with E-state index in [1.165, 1.54) is 16.4 Å². The van der Waals surface area contributed by atoms with E-state index in [4.69, 9.17) is 9.47 Å². The predicted molar refractivity (Wildman–Crippen MR) is 124 cm³/mol. The molecule has 2 aromatic carbocycles. The molecule has 0 unspecified atom stereocenters. The number of carbonyl (C=O) groups is 1. The summed E-state index contributed by atoms with van der Waals surface area (Å²) < 4.78 is 39.1. The number of pyridine rings is 1. The molecule has 0 saturated carbocycles. The monoisotopic (exact) mass is 467 g/mol. The SMILES string of the molecule is CCN(Cc1ccncc1)S(=O)(=O)c1cccc(C(=O)Nc2ccc3c(c2)OCCCO3)c1. The molecule has 3 aromatic rings. The number of hydrogen-bond donors (Lipinski definition) is 1. The highest BCUT2D eigenvalue weighted by atomic mass is 32.2. The number of amides is 1. The first-order valence-corrected chi connectivity index (χ1v) is 12.1. The molecule has 2 heterocycles. The Bertz CT molecular complexity index is 1230. The van der Waals surface area contributed by atoms with Gasteiger partial charge in [-0.05, 0) is 48.0 Å². The summed E-state index contributed by atoms with van der Waals surface area (Å²) in [6.45, 7) is 3.40. The summed E-state index contributed by atoms with van der Waals surface area (Å²) >= 11 is 0. The fourth-order valence-electron chi connectivity index (χ4n) is 3.45. The zero-order valence-electron chi connectivity index (χ0n) is 18.2. The quantitative estimate of drug-likeness (QED) is 0.569. The number of carbonyl (C=O) groups excluding carboxylic acids is 1. The zero-order valence-corrected chi connectivity index (χ0v) is 19.0. The molecule has 33 heavy (non-hydrogen) atoms. The third-order valence-electron chi connectivity index (χ3n) is 5.20. The summed E-state index contributed by atoms with van der Waals surface area (Å²) in [5, 5.41) is 2.80. The number of hydrogen-bond acceptors (Lipinski definition) is 6. The minimum absolute atomic E-state index is 0.0599. The van der Waals surface area contributed by atoms with Gasteiger partial charge in [0.25, 0.3) is 5.91 Å². The minimum Gasteiger partial charge on any atom is -0.490 e. The smallest absolute Gasteiger partial charge is 0.255 e. The summed E-state index contributed by atoms with van der Waals surface area (Å²) in [4.78, 5) is 16.9. The number of ether oxygens (including phenoxy) is 2. The summed E-state index contributed by atoms with van der Waals surface area (Å²) in [7, 11) is -3.80. The summed E-state index contributed by atoms with van der Waals surface area (Å²) in [6.07, 6.45) is 4.04. The van der Waals surface area contributed by atoms with Crippen LogP contribution in [0.4, 0.5) is 5.69 Å². The van der Waals surface area contributed by atoms with E-state index in [0.29, 0.717) is 30.4 Å². The van der Waals surface area contributed by atoms with Crippen molar-refractivity contribution >= 4 is 21.6 Å². The van der Waals surface area contributed by atoms with Gasteiger partial charge >= 0.3 is 0 Å². The molecule has 8 nitrogen and oxygen atoms in total. The van der Waals surface area contributed by atoms with Crippen molar-refractivity contribution in [3.05, 3.63) is 78.1 Å². The highest BCUT2D eigenvalue weighted by Crippen LogP contribution is 2.32. The molecule has 1 N–H and O–H groups in total. The highest BCUT2D eigenvalue weighted by Gasteiger charge is 2.24.